The van der Waals surface area contributed by atoms with Crippen molar-refractivity contribution in [2.75, 3.05) is 19.8 Å². The van der Waals surface area contributed by atoms with E-state index in [-0.39, 0.29) is 19.8 Å². The molecular formula is C28H28O6. The quantitative estimate of drug-likeness (QED) is 0.303. The molecule has 0 aliphatic carbocycles. The smallest absolute Gasteiger partial charge is 0.338 e. The Hall–Kier alpha value is -3.93. The van der Waals surface area contributed by atoms with Gasteiger partial charge in [0, 0.05) is 0 Å². The van der Waals surface area contributed by atoms with E-state index in [1.165, 1.54) is 0 Å². The number of carbonyl (C=O) groups is 3. The summed E-state index contributed by atoms with van der Waals surface area (Å²) >= 11 is 0. The van der Waals surface area contributed by atoms with E-state index in [0.717, 1.165) is 5.56 Å². The number of esters is 3. The molecule has 0 atom stereocenters. The third kappa shape index (κ3) is 6.78. The van der Waals surface area contributed by atoms with E-state index in [1.807, 2.05) is 26.0 Å². The van der Waals surface area contributed by atoms with E-state index in [9.17, 15) is 14.4 Å². The Kier molecular flexibility index (Phi) is 8.57. The van der Waals surface area contributed by atoms with Gasteiger partial charge in [0.2, 0.25) is 0 Å². The third-order valence-corrected chi connectivity index (χ3v) is 5.58. The van der Waals surface area contributed by atoms with Crippen LogP contribution in [0.15, 0.2) is 84.9 Å². The Labute approximate surface area is 199 Å². The van der Waals surface area contributed by atoms with Crippen molar-refractivity contribution < 1.29 is 28.6 Å². The Morgan fingerprint density at radius 3 is 1.29 bits per heavy atom. The molecule has 0 N–H and O–H groups in total. The molecule has 0 unspecified atom stereocenters. The molecule has 0 aliphatic rings. The molecule has 3 rings (SSSR count). The summed E-state index contributed by atoms with van der Waals surface area (Å²) in [6, 6.07) is 24.2. The summed E-state index contributed by atoms with van der Waals surface area (Å²) in [6.07, 6.45) is 0.443. The van der Waals surface area contributed by atoms with Crippen molar-refractivity contribution in [3.05, 3.63) is 107 Å². The average molecular weight is 461 g/mol. The molecular weight excluding hydrogens is 432 g/mol. The number of aryl methyl sites for hydroxylation is 1. The Morgan fingerprint density at radius 1 is 0.588 bits per heavy atom. The molecule has 0 bridgehead atoms. The van der Waals surface area contributed by atoms with Gasteiger partial charge in [-0.2, -0.15) is 0 Å². The first-order chi connectivity index (χ1) is 16.4. The molecule has 0 saturated carbocycles. The molecule has 3 aromatic rings. The summed E-state index contributed by atoms with van der Waals surface area (Å²) < 4.78 is 16.7. The lowest BCUT2D eigenvalue weighted by Gasteiger charge is -2.31. The van der Waals surface area contributed by atoms with Crippen LogP contribution in [0.5, 0.6) is 0 Å². The highest BCUT2D eigenvalue weighted by atomic mass is 16.6. The minimum absolute atomic E-state index is 0.0829. The molecule has 0 radical (unpaired) electrons. The molecule has 0 fully saturated rings. The minimum Gasteiger partial charge on any atom is -0.461 e. The minimum atomic E-state index is -0.908. The summed E-state index contributed by atoms with van der Waals surface area (Å²) in [5.41, 5.74) is 1.35. The van der Waals surface area contributed by atoms with Gasteiger partial charge in [-0.25, -0.2) is 14.4 Å². The zero-order chi connectivity index (χ0) is 24.4. The molecule has 0 amide bonds. The van der Waals surface area contributed by atoms with Gasteiger partial charge in [0.05, 0.1) is 22.1 Å². The number of carbonyl (C=O) groups excluding carboxylic acids is 3. The zero-order valence-corrected chi connectivity index (χ0v) is 19.4. The van der Waals surface area contributed by atoms with Crippen LogP contribution in [0.1, 0.15) is 50.0 Å². The van der Waals surface area contributed by atoms with Gasteiger partial charge < -0.3 is 14.2 Å². The Bertz CT molecular complexity index is 1040. The highest BCUT2D eigenvalue weighted by Crippen LogP contribution is 2.26. The molecule has 6 nitrogen and oxygen atoms in total. The highest BCUT2D eigenvalue weighted by Gasteiger charge is 2.34. The standard InChI is InChI=1S/C28H28O6/c1-3-28(18-32-25(29)22-10-6-4-7-11-22,19-33-26(30)23-12-8-5-9-13-23)20-34-27(31)24-16-14-21(2)15-17-24/h4-17H,3,18-20H2,1-2H3. The summed E-state index contributed by atoms with van der Waals surface area (Å²) in [5, 5.41) is 0. The molecule has 3 aromatic carbocycles. The summed E-state index contributed by atoms with van der Waals surface area (Å²) in [4.78, 5) is 37.6. The van der Waals surface area contributed by atoms with E-state index < -0.39 is 23.3 Å². The molecule has 0 saturated heterocycles. The summed E-state index contributed by atoms with van der Waals surface area (Å²) in [7, 11) is 0. The predicted octanol–water partition coefficient (Wildman–Crippen LogP) is 5.26. The molecule has 0 aliphatic heterocycles. The van der Waals surface area contributed by atoms with E-state index in [4.69, 9.17) is 14.2 Å². The van der Waals surface area contributed by atoms with Gasteiger partial charge in [0.1, 0.15) is 19.8 Å². The van der Waals surface area contributed by atoms with Crippen LogP contribution < -0.4 is 0 Å². The lowest BCUT2D eigenvalue weighted by atomic mass is 9.88. The Balaban J connectivity index is 1.72. The van der Waals surface area contributed by atoms with Gasteiger partial charge in [-0.05, 0) is 49.7 Å². The van der Waals surface area contributed by atoms with Crippen molar-refractivity contribution in [1.82, 2.24) is 0 Å². The molecule has 6 heteroatoms. The normalized spacial score (nSPS) is 10.9. The van der Waals surface area contributed by atoms with Gasteiger partial charge in [-0.1, -0.05) is 61.0 Å². The van der Waals surface area contributed by atoms with E-state index in [0.29, 0.717) is 23.1 Å². The number of hydrogen-bond acceptors (Lipinski definition) is 6. The summed E-state index contributed by atoms with van der Waals surface area (Å²) in [6.45, 7) is 3.55. The predicted molar refractivity (Wildman–Crippen MR) is 128 cm³/mol. The lowest BCUT2D eigenvalue weighted by Crippen LogP contribution is -2.39. The van der Waals surface area contributed by atoms with Crippen LogP contribution >= 0.6 is 0 Å². The van der Waals surface area contributed by atoms with Crippen LogP contribution in [-0.4, -0.2) is 37.7 Å². The largest absolute Gasteiger partial charge is 0.461 e. The van der Waals surface area contributed by atoms with Gasteiger partial charge in [0.15, 0.2) is 0 Å². The number of rotatable bonds is 10. The van der Waals surface area contributed by atoms with Gasteiger partial charge in [-0.15, -0.1) is 0 Å². The lowest BCUT2D eigenvalue weighted by molar-refractivity contribution is -0.0381. The van der Waals surface area contributed by atoms with Crippen molar-refractivity contribution in [2.45, 2.75) is 20.3 Å². The highest BCUT2D eigenvalue weighted by molar-refractivity contribution is 5.90. The van der Waals surface area contributed by atoms with E-state index in [1.54, 1.807) is 72.8 Å². The average Bonchev–Trinajstić information content (AvgIpc) is 2.89. The summed E-state index contributed by atoms with van der Waals surface area (Å²) in [5.74, 6) is -1.50. The topological polar surface area (TPSA) is 78.9 Å². The van der Waals surface area contributed by atoms with E-state index in [2.05, 4.69) is 0 Å². The monoisotopic (exact) mass is 460 g/mol. The van der Waals surface area contributed by atoms with Crippen molar-refractivity contribution in [1.29, 1.82) is 0 Å². The van der Waals surface area contributed by atoms with Crippen molar-refractivity contribution in [3.63, 3.8) is 0 Å². The maximum absolute atomic E-state index is 12.6. The second-order valence-corrected chi connectivity index (χ2v) is 8.18. The number of ether oxygens (including phenoxy) is 3. The van der Waals surface area contributed by atoms with Crippen molar-refractivity contribution in [3.8, 4) is 0 Å². The first-order valence-electron chi connectivity index (χ1n) is 11.1. The van der Waals surface area contributed by atoms with E-state index >= 15 is 0 Å². The fourth-order valence-electron chi connectivity index (χ4n) is 3.18. The fraction of sp³-hybridized carbons (Fsp3) is 0.250. The SMILES string of the molecule is CCC(COC(=O)c1ccccc1)(COC(=O)c1ccccc1)COC(=O)c1ccc(C)cc1. The zero-order valence-electron chi connectivity index (χ0n) is 19.4. The number of hydrogen-bond donors (Lipinski definition) is 0. The molecule has 0 heterocycles. The first kappa shape index (κ1) is 24.7. The Morgan fingerprint density at radius 2 is 0.941 bits per heavy atom. The van der Waals surface area contributed by atoms with Crippen LogP contribution in [0, 0.1) is 12.3 Å². The maximum atomic E-state index is 12.6. The van der Waals surface area contributed by atoms with Crippen LogP contribution in [0.25, 0.3) is 0 Å². The fourth-order valence-corrected chi connectivity index (χ4v) is 3.18. The van der Waals surface area contributed by atoms with Gasteiger partial charge in [-0.3, -0.25) is 0 Å². The van der Waals surface area contributed by atoms with Crippen molar-refractivity contribution in [2.24, 2.45) is 5.41 Å². The van der Waals surface area contributed by atoms with Crippen molar-refractivity contribution >= 4 is 17.9 Å². The first-order valence-corrected chi connectivity index (χ1v) is 11.1. The molecule has 176 valence electrons. The third-order valence-electron chi connectivity index (χ3n) is 5.58. The maximum Gasteiger partial charge on any atom is 0.338 e. The van der Waals surface area contributed by atoms with Crippen LogP contribution in [0.2, 0.25) is 0 Å². The molecule has 34 heavy (non-hydrogen) atoms. The van der Waals surface area contributed by atoms with Crippen LogP contribution in [-0.2, 0) is 14.2 Å². The van der Waals surface area contributed by atoms with Gasteiger partial charge in [0.25, 0.3) is 0 Å². The second kappa shape index (κ2) is 11.8. The number of benzene rings is 3. The van der Waals surface area contributed by atoms with Gasteiger partial charge >= 0.3 is 17.9 Å². The van der Waals surface area contributed by atoms with Crippen LogP contribution in [0.3, 0.4) is 0 Å². The van der Waals surface area contributed by atoms with Crippen LogP contribution in [0.4, 0.5) is 0 Å². The molecule has 0 aromatic heterocycles. The second-order valence-electron chi connectivity index (χ2n) is 8.18. The molecule has 0 spiro atoms.